The molecule has 1 atom stereocenters. The third kappa shape index (κ3) is 1.90. The van der Waals surface area contributed by atoms with Crippen molar-refractivity contribution in [2.75, 3.05) is 6.61 Å². The highest BCUT2D eigenvalue weighted by atomic mass is 16.8. The Morgan fingerprint density at radius 3 is 2.69 bits per heavy atom. The van der Waals surface area contributed by atoms with E-state index >= 15 is 0 Å². The van der Waals surface area contributed by atoms with Crippen molar-refractivity contribution < 1.29 is 19.0 Å². The highest BCUT2D eigenvalue weighted by Crippen LogP contribution is 2.14. The molecule has 1 unspecified atom stereocenters. The van der Waals surface area contributed by atoms with Crippen molar-refractivity contribution in [3.8, 4) is 5.75 Å². The maximum Gasteiger partial charge on any atom is 0.511 e. The van der Waals surface area contributed by atoms with E-state index in [0.717, 1.165) is 0 Å². The van der Waals surface area contributed by atoms with Crippen molar-refractivity contribution in [2.24, 2.45) is 0 Å². The van der Waals surface area contributed by atoms with Gasteiger partial charge in [-0.05, 0) is 12.1 Å². The lowest BCUT2D eigenvalue weighted by atomic mass is 10.3. The number of para-hydroxylation sites is 1. The molecule has 4 nitrogen and oxygen atoms in total. The number of hydrogen-bond acceptors (Lipinski definition) is 4. The van der Waals surface area contributed by atoms with Crippen molar-refractivity contribution in [2.45, 2.75) is 6.29 Å². The summed E-state index contributed by atoms with van der Waals surface area (Å²) < 4.78 is 14.5. The zero-order valence-electron chi connectivity index (χ0n) is 6.80. The van der Waals surface area contributed by atoms with Crippen LogP contribution in [0.2, 0.25) is 0 Å². The van der Waals surface area contributed by atoms with E-state index in [9.17, 15) is 4.79 Å². The molecule has 0 spiro atoms. The molecule has 13 heavy (non-hydrogen) atoms. The van der Waals surface area contributed by atoms with Crippen molar-refractivity contribution in [3.05, 3.63) is 30.3 Å². The first-order valence-electron chi connectivity index (χ1n) is 3.90. The van der Waals surface area contributed by atoms with E-state index in [1.54, 1.807) is 12.1 Å². The number of cyclic esters (lactones) is 2. The summed E-state index contributed by atoms with van der Waals surface area (Å²) in [4.78, 5) is 10.5. The Kier molecular flexibility index (Phi) is 2.04. The third-order valence-electron chi connectivity index (χ3n) is 1.58. The summed E-state index contributed by atoms with van der Waals surface area (Å²) in [5.41, 5.74) is 0. The van der Waals surface area contributed by atoms with Crippen LogP contribution >= 0.6 is 0 Å². The van der Waals surface area contributed by atoms with Gasteiger partial charge in [0, 0.05) is 0 Å². The van der Waals surface area contributed by atoms with Gasteiger partial charge in [-0.15, -0.1) is 0 Å². The lowest BCUT2D eigenvalue weighted by Crippen LogP contribution is -2.18. The summed E-state index contributed by atoms with van der Waals surface area (Å²) in [7, 11) is 0. The van der Waals surface area contributed by atoms with Gasteiger partial charge in [-0.2, -0.15) is 0 Å². The minimum absolute atomic E-state index is 0.147. The molecule has 0 radical (unpaired) electrons. The van der Waals surface area contributed by atoms with Crippen LogP contribution in [0.4, 0.5) is 4.79 Å². The second-order valence-corrected chi connectivity index (χ2v) is 2.54. The molecule has 1 aliphatic heterocycles. The van der Waals surface area contributed by atoms with Gasteiger partial charge in [0.1, 0.15) is 5.75 Å². The maximum absolute atomic E-state index is 10.5. The Morgan fingerprint density at radius 1 is 1.31 bits per heavy atom. The molecule has 1 saturated heterocycles. The topological polar surface area (TPSA) is 44.8 Å². The Bertz CT molecular complexity index is 296. The lowest BCUT2D eigenvalue weighted by Gasteiger charge is -2.08. The molecule has 0 aliphatic carbocycles. The molecule has 0 amide bonds. The van der Waals surface area contributed by atoms with Crippen LogP contribution in [0.5, 0.6) is 5.75 Å². The second-order valence-electron chi connectivity index (χ2n) is 2.54. The number of rotatable bonds is 2. The summed E-state index contributed by atoms with van der Waals surface area (Å²) >= 11 is 0. The predicted octanol–water partition coefficient (Wildman–Crippen LogP) is 1.56. The zero-order chi connectivity index (χ0) is 9.10. The normalized spacial score (nSPS) is 20.6. The van der Waals surface area contributed by atoms with Crippen LogP contribution in [-0.2, 0) is 9.47 Å². The number of hydrogen-bond donors (Lipinski definition) is 0. The van der Waals surface area contributed by atoms with Crippen LogP contribution in [0.25, 0.3) is 0 Å². The molecule has 1 fully saturated rings. The number of benzene rings is 1. The minimum Gasteiger partial charge on any atom is -0.451 e. The van der Waals surface area contributed by atoms with E-state index in [0.29, 0.717) is 5.75 Å². The molecule has 2 rings (SSSR count). The third-order valence-corrected chi connectivity index (χ3v) is 1.58. The highest BCUT2D eigenvalue weighted by molar-refractivity contribution is 5.61. The van der Waals surface area contributed by atoms with Gasteiger partial charge in [-0.25, -0.2) is 4.79 Å². The molecule has 68 valence electrons. The van der Waals surface area contributed by atoms with Gasteiger partial charge >= 0.3 is 6.16 Å². The molecular formula is C9H8O4. The lowest BCUT2D eigenvalue weighted by molar-refractivity contribution is 0.00501. The fourth-order valence-electron chi connectivity index (χ4n) is 1.02. The molecule has 4 heteroatoms. The van der Waals surface area contributed by atoms with Crippen molar-refractivity contribution >= 4 is 6.16 Å². The monoisotopic (exact) mass is 180 g/mol. The van der Waals surface area contributed by atoms with Crippen LogP contribution in [-0.4, -0.2) is 19.1 Å². The molecule has 1 aromatic carbocycles. The molecule has 1 heterocycles. The quantitative estimate of drug-likeness (QED) is 0.648. The van der Waals surface area contributed by atoms with Crippen LogP contribution < -0.4 is 4.74 Å². The summed E-state index contributed by atoms with van der Waals surface area (Å²) in [5, 5.41) is 0. The van der Waals surface area contributed by atoms with E-state index < -0.39 is 12.4 Å². The van der Waals surface area contributed by atoms with E-state index in [2.05, 4.69) is 9.47 Å². The highest BCUT2D eigenvalue weighted by Gasteiger charge is 2.26. The SMILES string of the molecule is O=C1OCC(Oc2ccccc2)O1. The van der Waals surface area contributed by atoms with Crippen molar-refractivity contribution in [1.82, 2.24) is 0 Å². The van der Waals surface area contributed by atoms with Crippen molar-refractivity contribution in [1.29, 1.82) is 0 Å². The summed E-state index contributed by atoms with van der Waals surface area (Å²) in [5.74, 6) is 0.658. The van der Waals surface area contributed by atoms with Gasteiger partial charge in [0.05, 0.1) is 0 Å². The molecule has 0 saturated carbocycles. The van der Waals surface area contributed by atoms with Crippen LogP contribution in [0.1, 0.15) is 0 Å². The van der Waals surface area contributed by atoms with Crippen LogP contribution in [0.3, 0.4) is 0 Å². The van der Waals surface area contributed by atoms with Gasteiger partial charge in [0.2, 0.25) is 0 Å². The number of carbonyl (C=O) groups excluding carboxylic acids is 1. The zero-order valence-corrected chi connectivity index (χ0v) is 6.80. The van der Waals surface area contributed by atoms with E-state index in [4.69, 9.17) is 4.74 Å². The Labute approximate surface area is 75.0 Å². The predicted molar refractivity (Wildman–Crippen MR) is 43.3 cm³/mol. The standard InChI is InChI=1S/C9H8O4/c10-9-11-6-8(13-9)12-7-4-2-1-3-5-7/h1-5,8H,6H2. The molecule has 0 aromatic heterocycles. The van der Waals surface area contributed by atoms with E-state index in [1.165, 1.54) is 0 Å². The Balaban J connectivity index is 1.96. The fraction of sp³-hybridized carbons (Fsp3) is 0.222. The fourth-order valence-corrected chi connectivity index (χ4v) is 1.02. The average molecular weight is 180 g/mol. The van der Waals surface area contributed by atoms with E-state index in [-0.39, 0.29) is 6.61 Å². The molecule has 1 aliphatic rings. The Hall–Kier alpha value is -1.71. The molecule has 0 N–H and O–H groups in total. The Morgan fingerprint density at radius 2 is 2.08 bits per heavy atom. The maximum atomic E-state index is 10.5. The van der Waals surface area contributed by atoms with E-state index in [1.807, 2.05) is 18.2 Å². The second kappa shape index (κ2) is 3.35. The first-order valence-corrected chi connectivity index (χ1v) is 3.90. The first kappa shape index (κ1) is 7.91. The largest absolute Gasteiger partial charge is 0.511 e. The van der Waals surface area contributed by atoms with Gasteiger partial charge in [0.25, 0.3) is 6.29 Å². The molecular weight excluding hydrogens is 172 g/mol. The number of carbonyl (C=O) groups is 1. The minimum atomic E-state index is -0.680. The van der Waals surface area contributed by atoms with Crippen LogP contribution in [0, 0.1) is 0 Å². The average Bonchev–Trinajstić information content (AvgIpc) is 2.53. The molecule has 1 aromatic rings. The smallest absolute Gasteiger partial charge is 0.451 e. The summed E-state index contributed by atoms with van der Waals surface area (Å²) in [6.45, 7) is 0.147. The summed E-state index contributed by atoms with van der Waals surface area (Å²) in [6, 6.07) is 9.13. The molecule has 0 bridgehead atoms. The van der Waals surface area contributed by atoms with Gasteiger partial charge in [0.15, 0.2) is 6.61 Å². The van der Waals surface area contributed by atoms with Crippen LogP contribution in [0.15, 0.2) is 30.3 Å². The summed E-state index contributed by atoms with van der Waals surface area (Å²) in [6.07, 6.45) is -1.30. The van der Waals surface area contributed by atoms with Gasteiger partial charge < -0.3 is 14.2 Å². The number of ether oxygens (including phenoxy) is 3. The van der Waals surface area contributed by atoms with Crippen molar-refractivity contribution in [3.63, 3.8) is 0 Å². The van der Waals surface area contributed by atoms with Gasteiger partial charge in [-0.1, -0.05) is 18.2 Å². The van der Waals surface area contributed by atoms with Gasteiger partial charge in [-0.3, -0.25) is 0 Å². The first-order chi connectivity index (χ1) is 6.34.